The van der Waals surface area contributed by atoms with Crippen LogP contribution in [0.2, 0.25) is 0 Å². The maximum atomic E-state index is 9.83. The highest BCUT2D eigenvalue weighted by Crippen LogP contribution is 2.24. The zero-order valence-electron chi connectivity index (χ0n) is 19.2. The van der Waals surface area contributed by atoms with Crippen LogP contribution in [0.25, 0.3) is 21.5 Å². The molecule has 178 valence electrons. The van der Waals surface area contributed by atoms with Crippen molar-refractivity contribution in [2.45, 2.75) is 25.2 Å². The zero-order chi connectivity index (χ0) is 23.6. The molecule has 4 aromatic carbocycles. The molecule has 0 unspecified atom stereocenters. The topological polar surface area (TPSA) is 64.5 Å². The Morgan fingerprint density at radius 2 is 0.971 bits per heavy atom. The maximum absolute atomic E-state index is 9.83. The van der Waals surface area contributed by atoms with Crippen LogP contribution >= 0.6 is 21.6 Å². The van der Waals surface area contributed by atoms with Crippen molar-refractivity contribution in [3.05, 3.63) is 96.1 Å². The van der Waals surface area contributed by atoms with Crippen LogP contribution in [-0.4, -0.2) is 47.0 Å². The fourth-order valence-corrected chi connectivity index (χ4v) is 6.55. The van der Waals surface area contributed by atoms with Gasteiger partial charge in [0.2, 0.25) is 0 Å². The van der Waals surface area contributed by atoms with E-state index in [2.05, 4.69) is 95.6 Å². The molecule has 4 rings (SSSR count). The van der Waals surface area contributed by atoms with Gasteiger partial charge in [0, 0.05) is 36.7 Å². The first kappa shape index (κ1) is 25.0. The van der Waals surface area contributed by atoms with Crippen molar-refractivity contribution in [3.63, 3.8) is 0 Å². The van der Waals surface area contributed by atoms with Crippen LogP contribution in [0.5, 0.6) is 0 Å². The molecule has 0 aliphatic heterocycles. The van der Waals surface area contributed by atoms with Crippen molar-refractivity contribution >= 4 is 43.1 Å². The number of hydrogen-bond acceptors (Lipinski definition) is 6. The number of rotatable bonds is 13. The minimum Gasteiger partial charge on any atom is -0.395 e. The van der Waals surface area contributed by atoms with Gasteiger partial charge >= 0.3 is 0 Å². The minimum absolute atomic E-state index is 0.0210. The number of hydrogen-bond donors (Lipinski definition) is 4. The van der Waals surface area contributed by atoms with Gasteiger partial charge in [-0.2, -0.15) is 0 Å². The highest BCUT2D eigenvalue weighted by Gasteiger charge is 2.12. The molecule has 0 radical (unpaired) electrons. The molecule has 0 spiro atoms. The number of nitrogens with one attached hydrogen (secondary N) is 2. The van der Waals surface area contributed by atoms with E-state index >= 15 is 0 Å². The second kappa shape index (κ2) is 13.1. The molecule has 4 nitrogen and oxygen atoms in total. The second-order valence-electron chi connectivity index (χ2n) is 8.37. The van der Waals surface area contributed by atoms with E-state index in [-0.39, 0.29) is 25.3 Å². The number of benzene rings is 4. The zero-order valence-corrected chi connectivity index (χ0v) is 20.8. The molecule has 0 aliphatic carbocycles. The van der Waals surface area contributed by atoms with Crippen molar-refractivity contribution in [1.29, 1.82) is 0 Å². The van der Waals surface area contributed by atoms with Gasteiger partial charge in [-0.05, 0) is 32.7 Å². The minimum atomic E-state index is 0.0210. The lowest BCUT2D eigenvalue weighted by atomic mass is 10.0. The standard InChI is InChI=1S/C28H32N2O2S2/c31-17-25(29-15-23-11-5-9-21-7-1-3-13-27(21)23)19-33-34-20-26(18-32)30-16-24-12-6-10-22-8-2-4-14-28(22)24/h1-14,25-26,29-32H,15-20H2/t25-,26-/m1/s1. The monoisotopic (exact) mass is 492 g/mol. The van der Waals surface area contributed by atoms with E-state index in [9.17, 15) is 10.2 Å². The van der Waals surface area contributed by atoms with Gasteiger partial charge in [0.05, 0.1) is 13.2 Å². The summed E-state index contributed by atoms with van der Waals surface area (Å²) >= 11 is 0. The Balaban J connectivity index is 1.21. The number of aliphatic hydroxyl groups is 2. The first-order valence-corrected chi connectivity index (χ1v) is 14.1. The quantitative estimate of drug-likeness (QED) is 0.156. The predicted molar refractivity (Wildman–Crippen MR) is 148 cm³/mol. The summed E-state index contributed by atoms with van der Waals surface area (Å²) < 4.78 is 0. The fraction of sp³-hybridized carbons (Fsp3) is 0.286. The lowest BCUT2D eigenvalue weighted by molar-refractivity contribution is 0.253. The summed E-state index contributed by atoms with van der Waals surface area (Å²) in [6, 6.07) is 29.5. The van der Waals surface area contributed by atoms with E-state index in [1.807, 2.05) is 0 Å². The van der Waals surface area contributed by atoms with E-state index in [1.54, 1.807) is 21.6 Å². The molecule has 6 heteroatoms. The summed E-state index contributed by atoms with van der Waals surface area (Å²) in [4.78, 5) is 0. The second-order valence-corrected chi connectivity index (χ2v) is 10.9. The fourth-order valence-electron chi connectivity index (χ4n) is 4.01. The molecule has 34 heavy (non-hydrogen) atoms. The predicted octanol–water partition coefficient (Wildman–Crippen LogP) is 4.98. The smallest absolute Gasteiger partial charge is 0.0593 e. The van der Waals surface area contributed by atoms with Gasteiger partial charge in [-0.3, -0.25) is 0 Å². The lowest BCUT2D eigenvalue weighted by Crippen LogP contribution is -2.35. The van der Waals surface area contributed by atoms with Crippen molar-refractivity contribution in [3.8, 4) is 0 Å². The van der Waals surface area contributed by atoms with E-state index in [0.29, 0.717) is 0 Å². The Labute approximate surface area is 209 Å². The third-order valence-corrected chi connectivity index (χ3v) is 8.54. The normalized spacial score (nSPS) is 13.4. The Hall–Kier alpha value is -2.06. The van der Waals surface area contributed by atoms with Crippen molar-refractivity contribution in [1.82, 2.24) is 10.6 Å². The Kier molecular flexibility index (Phi) is 9.68. The number of fused-ring (bicyclic) bond motifs is 2. The molecular formula is C28H32N2O2S2. The lowest BCUT2D eigenvalue weighted by Gasteiger charge is -2.19. The molecule has 2 atom stereocenters. The average molecular weight is 493 g/mol. The maximum Gasteiger partial charge on any atom is 0.0593 e. The molecular weight excluding hydrogens is 460 g/mol. The number of aliphatic hydroxyl groups excluding tert-OH is 2. The van der Waals surface area contributed by atoms with E-state index in [0.717, 1.165) is 24.6 Å². The summed E-state index contributed by atoms with van der Waals surface area (Å²) in [6.45, 7) is 1.65. The van der Waals surface area contributed by atoms with Crippen molar-refractivity contribution < 1.29 is 10.2 Å². The van der Waals surface area contributed by atoms with Crippen LogP contribution in [0, 0.1) is 0 Å². The molecule has 0 heterocycles. The molecule has 0 aromatic heterocycles. The average Bonchev–Trinajstić information content (AvgIpc) is 2.90. The van der Waals surface area contributed by atoms with Crippen LogP contribution in [0.4, 0.5) is 0 Å². The highest BCUT2D eigenvalue weighted by atomic mass is 33.1. The summed E-state index contributed by atoms with van der Waals surface area (Å²) in [7, 11) is 3.47. The summed E-state index contributed by atoms with van der Waals surface area (Å²) in [5.74, 6) is 1.60. The first-order chi connectivity index (χ1) is 16.8. The first-order valence-electron chi connectivity index (χ1n) is 11.6. The van der Waals surface area contributed by atoms with Gasteiger partial charge in [-0.25, -0.2) is 0 Å². The SMILES string of the molecule is OC[C@H](CSSC[C@@H](CO)NCc1cccc2ccccc12)NCc1cccc2ccccc12. The molecule has 4 N–H and O–H groups in total. The van der Waals surface area contributed by atoms with E-state index < -0.39 is 0 Å². The Bertz CT molecular complexity index is 1080. The molecule has 0 aliphatic rings. The highest BCUT2D eigenvalue weighted by molar-refractivity contribution is 8.76. The van der Waals surface area contributed by atoms with Gasteiger partial charge < -0.3 is 20.8 Å². The van der Waals surface area contributed by atoms with E-state index in [4.69, 9.17) is 0 Å². The molecule has 0 bridgehead atoms. The van der Waals surface area contributed by atoms with Gasteiger partial charge in [0.15, 0.2) is 0 Å². The molecule has 0 amide bonds. The van der Waals surface area contributed by atoms with Gasteiger partial charge in [-0.15, -0.1) is 0 Å². The summed E-state index contributed by atoms with van der Waals surface area (Å²) in [5, 5.41) is 31.6. The van der Waals surface area contributed by atoms with Crippen LogP contribution < -0.4 is 10.6 Å². The third-order valence-electron chi connectivity index (χ3n) is 5.98. The van der Waals surface area contributed by atoms with Crippen molar-refractivity contribution in [2.24, 2.45) is 0 Å². The van der Waals surface area contributed by atoms with Gasteiger partial charge in [-0.1, -0.05) is 107 Å². The Morgan fingerprint density at radius 1 is 0.559 bits per heavy atom. The van der Waals surface area contributed by atoms with Crippen molar-refractivity contribution in [2.75, 3.05) is 24.7 Å². The van der Waals surface area contributed by atoms with Crippen LogP contribution in [-0.2, 0) is 13.1 Å². The third kappa shape index (κ3) is 6.75. The molecule has 0 fully saturated rings. The molecule has 0 saturated carbocycles. The molecule has 0 saturated heterocycles. The van der Waals surface area contributed by atoms with Gasteiger partial charge in [0.1, 0.15) is 0 Å². The van der Waals surface area contributed by atoms with Crippen LogP contribution in [0.15, 0.2) is 84.9 Å². The summed E-state index contributed by atoms with van der Waals surface area (Å²) in [6.07, 6.45) is 0. The van der Waals surface area contributed by atoms with Gasteiger partial charge in [0.25, 0.3) is 0 Å². The van der Waals surface area contributed by atoms with E-state index in [1.165, 1.54) is 32.7 Å². The summed E-state index contributed by atoms with van der Waals surface area (Å²) in [5.41, 5.74) is 2.49. The molecule has 4 aromatic rings. The van der Waals surface area contributed by atoms with Crippen LogP contribution in [0.1, 0.15) is 11.1 Å². The van der Waals surface area contributed by atoms with Crippen LogP contribution in [0.3, 0.4) is 0 Å². The Morgan fingerprint density at radius 3 is 1.41 bits per heavy atom. The largest absolute Gasteiger partial charge is 0.395 e.